The lowest BCUT2D eigenvalue weighted by atomic mass is 9.63. The van der Waals surface area contributed by atoms with Gasteiger partial charge in [-0.05, 0) is 48.6 Å². The predicted octanol–water partition coefficient (Wildman–Crippen LogP) is 2.36. The van der Waals surface area contributed by atoms with Crippen LogP contribution in [-0.2, 0) is 14.4 Å². The maximum absolute atomic E-state index is 13.1. The zero-order valence-electron chi connectivity index (χ0n) is 15.0. The summed E-state index contributed by atoms with van der Waals surface area (Å²) in [5, 5.41) is 0. The summed E-state index contributed by atoms with van der Waals surface area (Å²) >= 11 is 0. The molecule has 3 amide bonds. The summed E-state index contributed by atoms with van der Waals surface area (Å²) in [7, 11) is 0. The molecule has 6 rings (SSSR count). The van der Waals surface area contributed by atoms with Crippen LogP contribution in [0.3, 0.4) is 0 Å². The van der Waals surface area contributed by atoms with Crippen molar-refractivity contribution in [2.75, 3.05) is 11.6 Å². The number of carbonyl (C=O) groups is 3. The van der Waals surface area contributed by atoms with Crippen LogP contribution in [-0.4, -0.2) is 29.3 Å². The van der Waals surface area contributed by atoms with Crippen LogP contribution in [0.5, 0.6) is 0 Å². The molecule has 1 saturated heterocycles. The summed E-state index contributed by atoms with van der Waals surface area (Å²) in [5.41, 5.74) is 1.70. The van der Waals surface area contributed by atoms with E-state index in [2.05, 4.69) is 12.2 Å². The summed E-state index contributed by atoms with van der Waals surface area (Å²) < 4.78 is 0. The molecular formula is C21H22N2O3. The number of anilines is 1. The highest BCUT2D eigenvalue weighted by molar-refractivity contribution is 6.07. The number of para-hydroxylation sites is 1. The summed E-state index contributed by atoms with van der Waals surface area (Å²) in [6.07, 6.45) is 5.48. The molecule has 0 spiro atoms. The quantitative estimate of drug-likeness (QED) is 0.621. The van der Waals surface area contributed by atoms with Crippen LogP contribution < -0.4 is 4.90 Å². The number of allylic oxidation sites excluding steroid dienone is 2. The molecule has 6 atom stereocenters. The van der Waals surface area contributed by atoms with Crippen molar-refractivity contribution >= 4 is 23.4 Å². The number of benzene rings is 1. The Morgan fingerprint density at radius 1 is 1.08 bits per heavy atom. The minimum atomic E-state index is -0.216. The van der Waals surface area contributed by atoms with E-state index < -0.39 is 0 Å². The highest BCUT2D eigenvalue weighted by Gasteiger charge is 2.67. The van der Waals surface area contributed by atoms with Crippen molar-refractivity contribution in [3.63, 3.8) is 0 Å². The second kappa shape index (κ2) is 5.29. The van der Waals surface area contributed by atoms with Crippen LogP contribution >= 0.6 is 0 Å². The lowest BCUT2D eigenvalue weighted by Gasteiger charge is -2.37. The molecule has 5 nitrogen and oxygen atoms in total. The molecule has 0 radical (unpaired) electrons. The second-order valence-corrected chi connectivity index (χ2v) is 8.13. The number of aryl methyl sites for hydroxylation is 1. The average Bonchev–Trinajstić information content (AvgIpc) is 3.40. The van der Waals surface area contributed by atoms with Crippen LogP contribution in [0, 0.1) is 42.4 Å². The van der Waals surface area contributed by atoms with Crippen LogP contribution in [0.15, 0.2) is 36.4 Å². The van der Waals surface area contributed by atoms with E-state index in [0.717, 1.165) is 17.7 Å². The molecular weight excluding hydrogens is 328 g/mol. The maximum Gasteiger partial charge on any atom is 0.235 e. The van der Waals surface area contributed by atoms with E-state index in [1.807, 2.05) is 31.2 Å². The van der Waals surface area contributed by atoms with Gasteiger partial charge in [-0.15, -0.1) is 0 Å². The van der Waals surface area contributed by atoms with Crippen molar-refractivity contribution in [1.29, 1.82) is 0 Å². The molecule has 26 heavy (non-hydrogen) atoms. The van der Waals surface area contributed by atoms with E-state index in [1.165, 1.54) is 11.8 Å². The number of hydrogen-bond acceptors (Lipinski definition) is 3. The van der Waals surface area contributed by atoms with Gasteiger partial charge < -0.3 is 0 Å². The molecule has 1 heterocycles. The fourth-order valence-corrected chi connectivity index (χ4v) is 5.51. The molecule has 0 N–H and O–H groups in total. The first-order valence-corrected chi connectivity index (χ1v) is 9.36. The van der Waals surface area contributed by atoms with Gasteiger partial charge in [0.05, 0.1) is 11.8 Å². The standard InChI is InChI=1S/C21H22N2O3/c1-11-5-3-4-6-17(11)22(12(2)24)10-23-20(25)18-13-7-8-14(16-9-15(13)16)19(18)21(23)26/h3-8,13-16,18-19H,9-10H2,1-2H3/t13-,14-,15-,16-,18+,19+/m1/s1. The van der Waals surface area contributed by atoms with Gasteiger partial charge in [-0.3, -0.25) is 24.2 Å². The fourth-order valence-electron chi connectivity index (χ4n) is 5.51. The molecule has 0 aromatic heterocycles. The van der Waals surface area contributed by atoms with Crippen molar-refractivity contribution in [2.45, 2.75) is 20.3 Å². The third-order valence-corrected chi connectivity index (χ3v) is 6.82. The molecule has 1 aromatic rings. The summed E-state index contributed by atoms with van der Waals surface area (Å²) in [6, 6.07) is 7.56. The lowest BCUT2D eigenvalue weighted by molar-refractivity contribution is -0.140. The van der Waals surface area contributed by atoms with E-state index >= 15 is 0 Å². The average molecular weight is 350 g/mol. The summed E-state index contributed by atoms with van der Waals surface area (Å²) in [4.78, 5) is 41.4. The molecule has 5 heteroatoms. The van der Waals surface area contributed by atoms with Gasteiger partial charge in [-0.1, -0.05) is 30.4 Å². The van der Waals surface area contributed by atoms with E-state index in [0.29, 0.717) is 11.8 Å². The highest BCUT2D eigenvalue weighted by Crippen LogP contribution is 2.65. The van der Waals surface area contributed by atoms with Crippen molar-refractivity contribution in [3.05, 3.63) is 42.0 Å². The minimum absolute atomic E-state index is 0.0135. The Morgan fingerprint density at radius 2 is 1.65 bits per heavy atom. The number of likely N-dealkylation sites (tertiary alicyclic amines) is 1. The Bertz CT molecular complexity index is 825. The molecule has 2 saturated carbocycles. The smallest absolute Gasteiger partial charge is 0.235 e. The molecule has 4 aliphatic carbocycles. The van der Waals surface area contributed by atoms with Gasteiger partial charge >= 0.3 is 0 Å². The van der Waals surface area contributed by atoms with Gasteiger partial charge in [0, 0.05) is 12.6 Å². The van der Waals surface area contributed by atoms with Gasteiger partial charge in [0.15, 0.2) is 0 Å². The van der Waals surface area contributed by atoms with Crippen molar-refractivity contribution in [2.24, 2.45) is 35.5 Å². The van der Waals surface area contributed by atoms with Gasteiger partial charge in [-0.25, -0.2) is 0 Å². The number of rotatable bonds is 3. The minimum Gasteiger partial charge on any atom is -0.294 e. The Morgan fingerprint density at radius 3 is 2.19 bits per heavy atom. The lowest BCUT2D eigenvalue weighted by Crippen LogP contribution is -2.44. The number of nitrogens with zero attached hydrogens (tertiary/aromatic N) is 2. The molecule has 1 aliphatic heterocycles. The summed E-state index contributed by atoms with van der Waals surface area (Å²) in [5.74, 6) is 0.805. The SMILES string of the molecule is CC(=O)N(CN1C(=O)[C@H]2[C@@H]3C=C[C@H]([C@H]4C[C@H]34)[C@@H]2C1=O)c1ccccc1C. The van der Waals surface area contributed by atoms with Crippen LogP contribution in [0.4, 0.5) is 5.69 Å². The van der Waals surface area contributed by atoms with E-state index in [-0.39, 0.29) is 48.1 Å². The van der Waals surface area contributed by atoms with E-state index in [9.17, 15) is 14.4 Å². The molecule has 0 unspecified atom stereocenters. The molecule has 5 aliphatic rings. The van der Waals surface area contributed by atoms with Gasteiger partial charge in [0.25, 0.3) is 0 Å². The predicted molar refractivity (Wildman–Crippen MR) is 95.8 cm³/mol. The molecule has 1 aromatic carbocycles. The van der Waals surface area contributed by atoms with E-state index in [1.54, 1.807) is 4.90 Å². The Balaban J connectivity index is 1.46. The Kier molecular flexibility index (Phi) is 3.21. The highest BCUT2D eigenvalue weighted by atomic mass is 16.2. The van der Waals surface area contributed by atoms with Gasteiger partial charge in [0.1, 0.15) is 6.67 Å². The van der Waals surface area contributed by atoms with E-state index in [4.69, 9.17) is 0 Å². The van der Waals surface area contributed by atoms with Crippen molar-refractivity contribution in [1.82, 2.24) is 4.90 Å². The largest absolute Gasteiger partial charge is 0.294 e. The van der Waals surface area contributed by atoms with Crippen LogP contribution in [0.2, 0.25) is 0 Å². The topological polar surface area (TPSA) is 57.7 Å². The zero-order chi connectivity index (χ0) is 18.2. The van der Waals surface area contributed by atoms with Gasteiger partial charge in [-0.2, -0.15) is 0 Å². The monoisotopic (exact) mass is 350 g/mol. The first-order chi connectivity index (χ1) is 12.5. The zero-order valence-corrected chi connectivity index (χ0v) is 15.0. The normalized spacial score (nSPS) is 36.2. The van der Waals surface area contributed by atoms with Crippen molar-refractivity contribution < 1.29 is 14.4 Å². The Hall–Kier alpha value is -2.43. The third-order valence-electron chi connectivity index (χ3n) is 6.82. The van der Waals surface area contributed by atoms with Crippen LogP contribution in [0.25, 0.3) is 0 Å². The van der Waals surface area contributed by atoms with Crippen LogP contribution in [0.1, 0.15) is 18.9 Å². The first-order valence-electron chi connectivity index (χ1n) is 9.36. The maximum atomic E-state index is 13.1. The molecule has 134 valence electrons. The number of amides is 3. The number of hydrogen-bond donors (Lipinski definition) is 0. The fraction of sp³-hybridized carbons (Fsp3) is 0.476. The molecule has 3 fully saturated rings. The summed E-state index contributed by atoms with van der Waals surface area (Å²) in [6.45, 7) is 3.42. The second-order valence-electron chi connectivity index (χ2n) is 8.13. The number of carbonyl (C=O) groups excluding carboxylic acids is 3. The third kappa shape index (κ3) is 2.00. The first kappa shape index (κ1) is 15.8. The van der Waals surface area contributed by atoms with Gasteiger partial charge in [0.2, 0.25) is 17.7 Å². The van der Waals surface area contributed by atoms with Crippen molar-refractivity contribution in [3.8, 4) is 0 Å². The Labute approximate surface area is 152 Å². The molecule has 2 bridgehead atoms. The number of imide groups is 1.